The van der Waals surface area contributed by atoms with Crippen molar-refractivity contribution in [2.45, 2.75) is 24.9 Å². The number of hydrogen-bond acceptors (Lipinski definition) is 6. The lowest BCUT2D eigenvalue weighted by atomic mass is 10.0. The molecule has 104 valence electrons. The van der Waals surface area contributed by atoms with Crippen molar-refractivity contribution in [2.75, 3.05) is 30.3 Å². The molecular formula is C12H19N5OS. The molecule has 1 aromatic heterocycles. The van der Waals surface area contributed by atoms with E-state index in [0.29, 0.717) is 28.5 Å². The fraction of sp³-hybridized carbons (Fsp3) is 0.583. The summed E-state index contributed by atoms with van der Waals surface area (Å²) < 4.78 is 0. The number of hydrogen-bond donors (Lipinski definition) is 2. The molecule has 1 aromatic rings. The molecule has 1 saturated heterocycles. The summed E-state index contributed by atoms with van der Waals surface area (Å²) >= 11 is 1.28. The molecule has 1 aliphatic heterocycles. The van der Waals surface area contributed by atoms with Crippen LogP contribution in [0.4, 0.5) is 11.6 Å². The summed E-state index contributed by atoms with van der Waals surface area (Å²) in [5.74, 6) is 1.70. The third kappa shape index (κ3) is 3.99. The average molecular weight is 281 g/mol. The van der Waals surface area contributed by atoms with Gasteiger partial charge in [0.05, 0.1) is 5.75 Å². The number of nitrogens with zero attached hydrogens (tertiary/aromatic N) is 3. The van der Waals surface area contributed by atoms with Crippen LogP contribution in [0.1, 0.15) is 19.8 Å². The fourth-order valence-corrected chi connectivity index (χ4v) is 2.94. The van der Waals surface area contributed by atoms with Gasteiger partial charge in [-0.05, 0) is 18.8 Å². The molecule has 6 nitrogen and oxygen atoms in total. The Morgan fingerprint density at radius 1 is 1.47 bits per heavy atom. The maximum atomic E-state index is 12.1. The number of amides is 1. The Balaban J connectivity index is 1.89. The Labute approximate surface area is 117 Å². The third-order valence-corrected chi connectivity index (χ3v) is 3.91. The molecular weight excluding hydrogens is 262 g/mol. The first kappa shape index (κ1) is 13.9. The van der Waals surface area contributed by atoms with Crippen LogP contribution in [0.15, 0.2) is 11.2 Å². The highest BCUT2D eigenvalue weighted by Gasteiger charge is 2.21. The van der Waals surface area contributed by atoms with Gasteiger partial charge in [-0.25, -0.2) is 9.97 Å². The quantitative estimate of drug-likeness (QED) is 0.633. The smallest absolute Gasteiger partial charge is 0.233 e. The summed E-state index contributed by atoms with van der Waals surface area (Å²) in [6.07, 6.45) is 2.28. The van der Waals surface area contributed by atoms with Gasteiger partial charge in [-0.1, -0.05) is 18.7 Å². The number of piperidine rings is 1. The van der Waals surface area contributed by atoms with E-state index in [1.165, 1.54) is 24.2 Å². The Hall–Kier alpha value is -1.50. The molecule has 1 aliphatic rings. The van der Waals surface area contributed by atoms with Crippen molar-refractivity contribution in [3.63, 3.8) is 0 Å². The molecule has 4 N–H and O–H groups in total. The van der Waals surface area contributed by atoms with Gasteiger partial charge in [0.25, 0.3) is 0 Å². The molecule has 0 aromatic carbocycles. The van der Waals surface area contributed by atoms with Crippen LogP contribution in [0.2, 0.25) is 0 Å². The van der Waals surface area contributed by atoms with Gasteiger partial charge < -0.3 is 16.4 Å². The lowest BCUT2D eigenvalue weighted by Gasteiger charge is -2.30. The van der Waals surface area contributed by atoms with Crippen LogP contribution in [0.25, 0.3) is 0 Å². The lowest BCUT2D eigenvalue weighted by Crippen LogP contribution is -2.40. The third-order valence-electron chi connectivity index (χ3n) is 3.08. The topological polar surface area (TPSA) is 98.1 Å². The number of aromatic nitrogens is 2. The molecule has 0 radical (unpaired) electrons. The number of nitrogen functional groups attached to an aromatic ring is 2. The molecule has 0 bridgehead atoms. The van der Waals surface area contributed by atoms with Crippen molar-refractivity contribution in [3.8, 4) is 0 Å². The van der Waals surface area contributed by atoms with Crippen LogP contribution < -0.4 is 11.5 Å². The van der Waals surface area contributed by atoms with Gasteiger partial charge >= 0.3 is 0 Å². The minimum atomic E-state index is 0.126. The number of nitrogens with two attached hydrogens (primary N) is 2. The Morgan fingerprint density at radius 3 is 2.79 bits per heavy atom. The second-order valence-corrected chi connectivity index (χ2v) is 5.82. The predicted molar refractivity (Wildman–Crippen MR) is 76.6 cm³/mol. The van der Waals surface area contributed by atoms with Crippen molar-refractivity contribution in [1.29, 1.82) is 0 Å². The number of carbonyl (C=O) groups excluding carboxylic acids is 1. The van der Waals surface area contributed by atoms with Crippen LogP contribution in [0, 0.1) is 5.92 Å². The highest BCUT2D eigenvalue weighted by molar-refractivity contribution is 7.99. The molecule has 0 spiro atoms. The van der Waals surface area contributed by atoms with E-state index in [-0.39, 0.29) is 5.91 Å². The van der Waals surface area contributed by atoms with Crippen LogP contribution in [0.3, 0.4) is 0 Å². The van der Waals surface area contributed by atoms with Gasteiger partial charge in [0.1, 0.15) is 11.6 Å². The summed E-state index contributed by atoms with van der Waals surface area (Å²) in [5, 5.41) is 0.455. The summed E-state index contributed by atoms with van der Waals surface area (Å²) in [4.78, 5) is 22.1. The summed E-state index contributed by atoms with van der Waals surface area (Å²) in [5.41, 5.74) is 11.2. The van der Waals surface area contributed by atoms with Crippen LogP contribution in [-0.4, -0.2) is 39.6 Å². The van der Waals surface area contributed by atoms with Crippen LogP contribution in [-0.2, 0) is 4.79 Å². The average Bonchev–Trinajstić information content (AvgIpc) is 2.35. The van der Waals surface area contributed by atoms with Crippen molar-refractivity contribution in [3.05, 3.63) is 6.07 Å². The lowest BCUT2D eigenvalue weighted by molar-refractivity contribution is -0.130. The number of carbonyl (C=O) groups is 1. The predicted octanol–water partition coefficient (Wildman–Crippen LogP) is 0.992. The van der Waals surface area contributed by atoms with Crippen LogP contribution in [0.5, 0.6) is 0 Å². The van der Waals surface area contributed by atoms with E-state index < -0.39 is 0 Å². The Morgan fingerprint density at radius 2 is 2.16 bits per heavy atom. The van der Waals surface area contributed by atoms with E-state index in [2.05, 4.69) is 16.9 Å². The number of thioether (sulfide) groups is 1. The Bertz CT molecular complexity index is 447. The van der Waals surface area contributed by atoms with Crippen molar-refractivity contribution >= 4 is 29.3 Å². The highest BCUT2D eigenvalue weighted by Crippen LogP contribution is 2.20. The van der Waals surface area contributed by atoms with E-state index in [1.807, 2.05) is 4.90 Å². The van der Waals surface area contributed by atoms with Gasteiger partial charge in [-0.15, -0.1) is 0 Å². The van der Waals surface area contributed by atoms with E-state index in [0.717, 1.165) is 19.5 Å². The normalized spacial score (nSPS) is 19.4. The highest BCUT2D eigenvalue weighted by atomic mass is 32.2. The van der Waals surface area contributed by atoms with Crippen molar-refractivity contribution in [1.82, 2.24) is 14.9 Å². The molecule has 19 heavy (non-hydrogen) atoms. The standard InChI is InChI=1S/C12H19N5OS/c1-8-3-2-4-17(6-8)11(18)7-19-12-15-9(13)5-10(14)16-12/h5,8H,2-4,6-7H2,1H3,(H4,13,14,15,16). The molecule has 1 atom stereocenters. The first-order valence-electron chi connectivity index (χ1n) is 6.35. The van der Waals surface area contributed by atoms with Gasteiger partial charge in [-0.3, -0.25) is 4.79 Å². The van der Waals surface area contributed by atoms with E-state index in [9.17, 15) is 4.79 Å². The summed E-state index contributed by atoms with van der Waals surface area (Å²) in [7, 11) is 0. The fourth-order valence-electron chi connectivity index (χ4n) is 2.16. The molecule has 2 rings (SSSR count). The summed E-state index contributed by atoms with van der Waals surface area (Å²) in [6.45, 7) is 3.87. The molecule has 1 fully saturated rings. The zero-order chi connectivity index (χ0) is 13.8. The van der Waals surface area contributed by atoms with Gasteiger partial charge in [0, 0.05) is 19.2 Å². The largest absolute Gasteiger partial charge is 0.383 e. The van der Waals surface area contributed by atoms with Crippen molar-refractivity contribution < 1.29 is 4.79 Å². The monoisotopic (exact) mass is 281 g/mol. The zero-order valence-electron chi connectivity index (χ0n) is 11.0. The molecule has 0 aliphatic carbocycles. The minimum Gasteiger partial charge on any atom is -0.383 e. The number of anilines is 2. The van der Waals surface area contributed by atoms with Crippen LogP contribution >= 0.6 is 11.8 Å². The molecule has 2 heterocycles. The second-order valence-electron chi connectivity index (χ2n) is 4.88. The Kier molecular flexibility index (Phi) is 4.47. The van der Waals surface area contributed by atoms with Crippen molar-refractivity contribution in [2.24, 2.45) is 5.92 Å². The molecule has 0 saturated carbocycles. The number of rotatable bonds is 3. The maximum absolute atomic E-state index is 12.1. The molecule has 1 unspecified atom stereocenters. The first-order chi connectivity index (χ1) is 9.04. The first-order valence-corrected chi connectivity index (χ1v) is 7.34. The molecule has 7 heteroatoms. The molecule has 1 amide bonds. The maximum Gasteiger partial charge on any atom is 0.233 e. The second kappa shape index (κ2) is 6.10. The van der Waals surface area contributed by atoms with Gasteiger partial charge in [0.15, 0.2) is 5.16 Å². The van der Waals surface area contributed by atoms with E-state index >= 15 is 0 Å². The van der Waals surface area contributed by atoms with Gasteiger partial charge in [-0.2, -0.15) is 0 Å². The summed E-state index contributed by atoms with van der Waals surface area (Å²) in [6, 6.07) is 1.50. The SMILES string of the molecule is CC1CCCN(C(=O)CSc2nc(N)cc(N)n2)C1. The zero-order valence-corrected chi connectivity index (χ0v) is 11.8. The van der Waals surface area contributed by atoms with E-state index in [4.69, 9.17) is 11.5 Å². The minimum absolute atomic E-state index is 0.126. The number of likely N-dealkylation sites (tertiary alicyclic amines) is 1. The van der Waals surface area contributed by atoms with E-state index in [1.54, 1.807) is 0 Å². The van der Waals surface area contributed by atoms with Gasteiger partial charge in [0.2, 0.25) is 5.91 Å².